The lowest BCUT2D eigenvalue weighted by atomic mass is 9.95. The molecule has 1 aromatic carbocycles. The highest BCUT2D eigenvalue weighted by Crippen LogP contribution is 2.20. The molecule has 0 aliphatic heterocycles. The van der Waals surface area contributed by atoms with Gasteiger partial charge in [-0.25, -0.2) is 8.78 Å². The van der Waals surface area contributed by atoms with Gasteiger partial charge in [0, 0.05) is 24.0 Å². The maximum atomic E-state index is 13.3. The summed E-state index contributed by atoms with van der Waals surface area (Å²) in [4.78, 5) is 16.4. The van der Waals surface area contributed by atoms with Gasteiger partial charge >= 0.3 is 0 Å². The molecule has 1 aromatic heterocycles. The fourth-order valence-electron chi connectivity index (χ4n) is 2.89. The minimum Gasteiger partial charge on any atom is -0.354 e. The van der Waals surface area contributed by atoms with Crippen LogP contribution in [-0.2, 0) is 0 Å². The predicted octanol–water partition coefficient (Wildman–Crippen LogP) is 4.17. The van der Waals surface area contributed by atoms with E-state index < -0.39 is 11.6 Å². The average molecular weight is 331 g/mol. The van der Waals surface area contributed by atoms with E-state index >= 15 is 0 Å². The molecule has 0 unspecified atom stereocenters. The van der Waals surface area contributed by atoms with Gasteiger partial charge in [0.1, 0.15) is 0 Å². The van der Waals surface area contributed by atoms with Crippen LogP contribution in [0.4, 0.5) is 20.2 Å². The maximum Gasteiger partial charge on any atom is 0.253 e. The van der Waals surface area contributed by atoms with E-state index in [1.54, 1.807) is 6.07 Å². The summed E-state index contributed by atoms with van der Waals surface area (Å²) in [6.07, 6.45) is 8.54. The minimum absolute atomic E-state index is 0.164. The van der Waals surface area contributed by atoms with E-state index in [4.69, 9.17) is 0 Å². The van der Waals surface area contributed by atoms with Gasteiger partial charge in [0.2, 0.25) is 0 Å². The highest BCUT2D eigenvalue weighted by molar-refractivity contribution is 5.95. The van der Waals surface area contributed by atoms with E-state index in [0.717, 1.165) is 37.8 Å². The molecular weight excluding hydrogens is 312 g/mol. The molecule has 6 heteroatoms. The lowest BCUT2D eigenvalue weighted by molar-refractivity contribution is 0.0927. The third-order valence-electron chi connectivity index (χ3n) is 4.15. The number of hydrogen-bond acceptors (Lipinski definition) is 3. The standard InChI is InChI=1S/C18H19F2N3O/c19-16-7-6-14(9-17(16)20)22-15-8-12(10-21-11-15)18(24)23-13-4-2-1-3-5-13/h6-11,13,22H,1-5H2,(H,23,24). The molecule has 0 atom stereocenters. The Morgan fingerprint density at radius 1 is 1.00 bits per heavy atom. The highest BCUT2D eigenvalue weighted by atomic mass is 19.2. The van der Waals surface area contributed by atoms with E-state index in [9.17, 15) is 13.6 Å². The van der Waals surface area contributed by atoms with Gasteiger partial charge < -0.3 is 10.6 Å². The van der Waals surface area contributed by atoms with Gasteiger partial charge in [0.15, 0.2) is 11.6 Å². The second-order valence-electron chi connectivity index (χ2n) is 6.02. The van der Waals surface area contributed by atoms with Crippen LogP contribution in [0.2, 0.25) is 0 Å². The van der Waals surface area contributed by atoms with Gasteiger partial charge in [-0.3, -0.25) is 9.78 Å². The Morgan fingerprint density at radius 3 is 2.54 bits per heavy atom. The van der Waals surface area contributed by atoms with Crippen molar-refractivity contribution in [3.63, 3.8) is 0 Å². The largest absolute Gasteiger partial charge is 0.354 e. The normalized spacial score (nSPS) is 15.1. The Bertz CT molecular complexity index is 730. The quantitative estimate of drug-likeness (QED) is 0.884. The van der Waals surface area contributed by atoms with Gasteiger partial charge in [-0.1, -0.05) is 19.3 Å². The lowest BCUT2D eigenvalue weighted by Gasteiger charge is -2.22. The van der Waals surface area contributed by atoms with E-state index in [2.05, 4.69) is 15.6 Å². The van der Waals surface area contributed by atoms with Crippen LogP contribution >= 0.6 is 0 Å². The van der Waals surface area contributed by atoms with Gasteiger partial charge in [-0.15, -0.1) is 0 Å². The first-order chi connectivity index (χ1) is 11.6. The van der Waals surface area contributed by atoms with Crippen molar-refractivity contribution in [1.29, 1.82) is 0 Å². The van der Waals surface area contributed by atoms with Gasteiger partial charge in [-0.2, -0.15) is 0 Å². The topological polar surface area (TPSA) is 54.0 Å². The average Bonchev–Trinajstić information content (AvgIpc) is 2.59. The number of aromatic nitrogens is 1. The number of nitrogens with zero attached hydrogens (tertiary/aromatic N) is 1. The molecule has 1 aliphatic carbocycles. The number of benzene rings is 1. The first kappa shape index (κ1) is 16.4. The molecule has 2 aromatic rings. The summed E-state index contributed by atoms with van der Waals surface area (Å²) >= 11 is 0. The van der Waals surface area contributed by atoms with E-state index in [1.807, 2.05) is 0 Å². The molecular formula is C18H19F2N3O. The van der Waals surface area contributed by atoms with Crippen molar-refractivity contribution in [1.82, 2.24) is 10.3 Å². The van der Waals surface area contributed by atoms with E-state index in [-0.39, 0.29) is 11.9 Å². The summed E-state index contributed by atoms with van der Waals surface area (Å²) in [6, 6.07) is 5.39. The van der Waals surface area contributed by atoms with Crippen molar-refractivity contribution in [3.05, 3.63) is 53.9 Å². The molecule has 1 heterocycles. The van der Waals surface area contributed by atoms with Crippen LogP contribution in [0.1, 0.15) is 42.5 Å². The number of pyridine rings is 1. The number of rotatable bonds is 4. The molecule has 1 saturated carbocycles. The zero-order chi connectivity index (χ0) is 16.9. The van der Waals surface area contributed by atoms with Crippen LogP contribution in [-0.4, -0.2) is 16.9 Å². The van der Waals surface area contributed by atoms with Crippen LogP contribution in [0.3, 0.4) is 0 Å². The molecule has 1 aliphatic rings. The number of carbonyl (C=O) groups excluding carboxylic acids is 1. The van der Waals surface area contributed by atoms with E-state index in [1.165, 1.54) is 24.9 Å². The number of nitrogens with one attached hydrogen (secondary N) is 2. The Morgan fingerprint density at radius 2 is 1.79 bits per heavy atom. The monoisotopic (exact) mass is 331 g/mol. The molecule has 2 N–H and O–H groups in total. The molecule has 4 nitrogen and oxygen atoms in total. The SMILES string of the molecule is O=C(NC1CCCCC1)c1cncc(Nc2ccc(F)c(F)c2)c1. The molecule has 1 amide bonds. The van der Waals surface area contributed by atoms with Crippen molar-refractivity contribution in [2.75, 3.05) is 5.32 Å². The summed E-state index contributed by atoms with van der Waals surface area (Å²) in [5.74, 6) is -2.00. The summed E-state index contributed by atoms with van der Waals surface area (Å²) in [7, 11) is 0. The second-order valence-corrected chi connectivity index (χ2v) is 6.02. The lowest BCUT2D eigenvalue weighted by Crippen LogP contribution is -2.36. The molecule has 0 spiro atoms. The van der Waals surface area contributed by atoms with Gasteiger partial charge in [-0.05, 0) is 31.0 Å². The number of amides is 1. The number of anilines is 2. The second kappa shape index (κ2) is 7.38. The molecule has 126 valence electrons. The Balaban J connectivity index is 1.68. The number of halogens is 2. The zero-order valence-electron chi connectivity index (χ0n) is 13.2. The third kappa shape index (κ3) is 4.07. The molecule has 0 radical (unpaired) electrons. The van der Waals surface area contributed by atoms with Gasteiger partial charge in [0.25, 0.3) is 5.91 Å². The van der Waals surface area contributed by atoms with Crippen molar-refractivity contribution < 1.29 is 13.6 Å². The number of hydrogen-bond donors (Lipinski definition) is 2. The van der Waals surface area contributed by atoms with Crippen molar-refractivity contribution in [3.8, 4) is 0 Å². The van der Waals surface area contributed by atoms with Crippen LogP contribution < -0.4 is 10.6 Å². The zero-order valence-corrected chi connectivity index (χ0v) is 13.2. The van der Waals surface area contributed by atoms with Crippen LogP contribution in [0, 0.1) is 11.6 Å². The van der Waals surface area contributed by atoms with Gasteiger partial charge in [0.05, 0.1) is 17.4 Å². The van der Waals surface area contributed by atoms with E-state index in [0.29, 0.717) is 16.9 Å². The van der Waals surface area contributed by atoms with Crippen LogP contribution in [0.25, 0.3) is 0 Å². The molecule has 1 fully saturated rings. The smallest absolute Gasteiger partial charge is 0.253 e. The Hall–Kier alpha value is -2.50. The molecule has 0 saturated heterocycles. The maximum absolute atomic E-state index is 13.3. The predicted molar refractivity (Wildman–Crippen MR) is 88.2 cm³/mol. The van der Waals surface area contributed by atoms with Crippen molar-refractivity contribution in [2.45, 2.75) is 38.1 Å². The highest BCUT2D eigenvalue weighted by Gasteiger charge is 2.17. The Kier molecular flexibility index (Phi) is 5.03. The Labute approximate surface area is 139 Å². The summed E-state index contributed by atoms with van der Waals surface area (Å²) in [5.41, 5.74) is 1.37. The van der Waals surface area contributed by atoms with Crippen molar-refractivity contribution in [2.24, 2.45) is 0 Å². The molecule has 24 heavy (non-hydrogen) atoms. The van der Waals surface area contributed by atoms with Crippen LogP contribution in [0.5, 0.6) is 0 Å². The number of carbonyl (C=O) groups is 1. The first-order valence-electron chi connectivity index (χ1n) is 8.10. The molecule has 3 rings (SSSR count). The fourth-order valence-corrected chi connectivity index (χ4v) is 2.89. The fraction of sp³-hybridized carbons (Fsp3) is 0.333. The van der Waals surface area contributed by atoms with Crippen molar-refractivity contribution >= 4 is 17.3 Å². The summed E-state index contributed by atoms with van der Waals surface area (Å²) in [6.45, 7) is 0. The summed E-state index contributed by atoms with van der Waals surface area (Å²) in [5, 5.41) is 5.95. The first-order valence-corrected chi connectivity index (χ1v) is 8.10. The third-order valence-corrected chi connectivity index (χ3v) is 4.15. The summed E-state index contributed by atoms with van der Waals surface area (Å²) < 4.78 is 26.2. The van der Waals surface area contributed by atoms with Crippen LogP contribution in [0.15, 0.2) is 36.7 Å². The minimum atomic E-state index is -0.931. The molecule has 0 bridgehead atoms.